The molecule has 1 aliphatic rings. The van der Waals surface area contributed by atoms with E-state index in [4.69, 9.17) is 9.47 Å². The van der Waals surface area contributed by atoms with Crippen LogP contribution in [0.4, 0.5) is 5.69 Å². The van der Waals surface area contributed by atoms with Gasteiger partial charge in [-0.15, -0.1) is 0 Å². The van der Waals surface area contributed by atoms with Gasteiger partial charge in [-0.2, -0.15) is 0 Å². The Morgan fingerprint density at radius 1 is 0.953 bits per heavy atom. The van der Waals surface area contributed by atoms with Crippen LogP contribution in [0.1, 0.15) is 50.2 Å². The molecule has 1 N–H and O–H groups in total. The van der Waals surface area contributed by atoms with Gasteiger partial charge in [-0.25, -0.2) is 8.42 Å². The number of sulfonamides is 1. The van der Waals surface area contributed by atoms with Crippen LogP contribution in [0.5, 0.6) is 11.5 Å². The minimum Gasteiger partial charge on any atom is -0.497 e. The topological polar surface area (TPSA) is 105 Å². The van der Waals surface area contributed by atoms with E-state index in [1.54, 1.807) is 30.3 Å². The first-order valence-electron chi connectivity index (χ1n) is 14.6. The van der Waals surface area contributed by atoms with E-state index in [2.05, 4.69) is 5.32 Å². The number of carbonyl (C=O) groups excluding carboxylic acids is 2. The summed E-state index contributed by atoms with van der Waals surface area (Å²) in [5.41, 5.74) is 1.99. The largest absolute Gasteiger partial charge is 0.497 e. The first kappa shape index (κ1) is 31.9. The smallest absolute Gasteiger partial charge is 0.264 e. The van der Waals surface area contributed by atoms with E-state index < -0.39 is 28.5 Å². The predicted molar refractivity (Wildman–Crippen MR) is 167 cm³/mol. The number of hydrogen-bond donors (Lipinski definition) is 1. The van der Waals surface area contributed by atoms with Crippen LogP contribution in [-0.4, -0.2) is 58.0 Å². The Morgan fingerprint density at radius 2 is 1.63 bits per heavy atom. The molecule has 2 amide bonds. The lowest BCUT2D eigenvalue weighted by Crippen LogP contribution is -2.53. The molecule has 1 unspecified atom stereocenters. The molecule has 9 nitrogen and oxygen atoms in total. The molecule has 43 heavy (non-hydrogen) atoms. The number of carbonyl (C=O) groups is 2. The van der Waals surface area contributed by atoms with Crippen molar-refractivity contribution in [1.82, 2.24) is 10.2 Å². The first-order chi connectivity index (χ1) is 20.7. The second kappa shape index (κ2) is 14.4. The summed E-state index contributed by atoms with van der Waals surface area (Å²) in [7, 11) is -1.33. The van der Waals surface area contributed by atoms with E-state index >= 15 is 0 Å². The van der Waals surface area contributed by atoms with E-state index in [0.717, 1.165) is 41.1 Å². The Bertz CT molecular complexity index is 1510. The number of methoxy groups -OCH3 is 2. The van der Waals surface area contributed by atoms with Crippen molar-refractivity contribution in [3.05, 3.63) is 83.9 Å². The van der Waals surface area contributed by atoms with Gasteiger partial charge in [-0.05, 0) is 61.6 Å². The van der Waals surface area contributed by atoms with Gasteiger partial charge in [0.15, 0.2) is 0 Å². The lowest BCUT2D eigenvalue weighted by Gasteiger charge is -2.34. The average Bonchev–Trinajstić information content (AvgIpc) is 3.53. The van der Waals surface area contributed by atoms with E-state index in [1.165, 1.54) is 37.3 Å². The SMILES string of the molecule is CCC(C(=O)NC1CCCC1)N(Cc1ccccc1C)C(=O)CN(c1cc(OC)ccc1OC)S(=O)(=O)c1ccccc1. The molecule has 4 rings (SSSR count). The van der Waals surface area contributed by atoms with Gasteiger partial charge in [0.1, 0.15) is 24.1 Å². The number of anilines is 1. The van der Waals surface area contributed by atoms with Crippen LogP contribution in [0.15, 0.2) is 77.7 Å². The zero-order chi connectivity index (χ0) is 31.0. The molecule has 0 saturated heterocycles. The minimum absolute atomic E-state index is 0.0177. The van der Waals surface area contributed by atoms with E-state index in [9.17, 15) is 18.0 Å². The molecular weight excluding hydrogens is 566 g/mol. The molecule has 0 spiro atoms. The fourth-order valence-corrected chi connectivity index (χ4v) is 6.92. The maximum absolute atomic E-state index is 14.4. The van der Waals surface area contributed by atoms with Gasteiger partial charge in [0.25, 0.3) is 10.0 Å². The molecule has 0 bridgehead atoms. The summed E-state index contributed by atoms with van der Waals surface area (Å²) >= 11 is 0. The van der Waals surface area contributed by atoms with Crippen LogP contribution in [0.3, 0.4) is 0 Å². The molecule has 0 heterocycles. The van der Waals surface area contributed by atoms with Crippen LogP contribution in [0.25, 0.3) is 0 Å². The molecule has 1 aliphatic carbocycles. The normalized spacial score (nSPS) is 14.1. The molecule has 1 atom stereocenters. The molecule has 3 aromatic rings. The van der Waals surface area contributed by atoms with Crippen LogP contribution in [0, 0.1) is 6.92 Å². The van der Waals surface area contributed by atoms with Crippen LogP contribution in [-0.2, 0) is 26.2 Å². The molecule has 0 radical (unpaired) electrons. The molecule has 1 fully saturated rings. The van der Waals surface area contributed by atoms with Crippen molar-refractivity contribution in [3.8, 4) is 11.5 Å². The van der Waals surface area contributed by atoms with Crippen molar-refractivity contribution in [2.24, 2.45) is 0 Å². The van der Waals surface area contributed by atoms with Gasteiger partial charge in [0.05, 0.1) is 24.8 Å². The van der Waals surface area contributed by atoms with Crippen LogP contribution < -0.4 is 19.1 Å². The van der Waals surface area contributed by atoms with Crippen molar-refractivity contribution >= 4 is 27.5 Å². The van der Waals surface area contributed by atoms with E-state index in [-0.39, 0.29) is 34.8 Å². The molecular formula is C33H41N3O6S. The number of nitrogens with zero attached hydrogens (tertiary/aromatic N) is 2. The van der Waals surface area contributed by atoms with Gasteiger partial charge in [-0.1, -0.05) is 62.2 Å². The van der Waals surface area contributed by atoms with Crippen molar-refractivity contribution in [2.75, 3.05) is 25.1 Å². The third-order valence-electron chi connectivity index (χ3n) is 7.95. The molecule has 0 aromatic heterocycles. The van der Waals surface area contributed by atoms with Gasteiger partial charge in [0, 0.05) is 18.7 Å². The van der Waals surface area contributed by atoms with Gasteiger partial charge in [0.2, 0.25) is 11.8 Å². The Kier molecular flexibility index (Phi) is 10.7. The Labute approximate surface area is 254 Å². The van der Waals surface area contributed by atoms with E-state index in [1.807, 2.05) is 38.1 Å². The number of aryl methyl sites for hydroxylation is 1. The van der Waals surface area contributed by atoms with Gasteiger partial charge in [-0.3, -0.25) is 13.9 Å². The Hall–Kier alpha value is -4.05. The number of amides is 2. The fraction of sp³-hybridized carbons (Fsp3) is 0.394. The van der Waals surface area contributed by atoms with Crippen molar-refractivity contribution in [2.45, 2.75) is 69.5 Å². The highest BCUT2D eigenvalue weighted by Gasteiger charge is 2.35. The van der Waals surface area contributed by atoms with E-state index in [0.29, 0.717) is 12.2 Å². The second-order valence-electron chi connectivity index (χ2n) is 10.7. The summed E-state index contributed by atoms with van der Waals surface area (Å²) in [4.78, 5) is 29.5. The zero-order valence-electron chi connectivity index (χ0n) is 25.3. The average molecular weight is 608 g/mol. The number of ether oxygens (including phenoxy) is 2. The van der Waals surface area contributed by atoms with Crippen LogP contribution >= 0.6 is 0 Å². The monoisotopic (exact) mass is 607 g/mol. The second-order valence-corrected chi connectivity index (χ2v) is 12.6. The third kappa shape index (κ3) is 7.48. The highest BCUT2D eigenvalue weighted by Crippen LogP contribution is 2.36. The maximum Gasteiger partial charge on any atom is 0.264 e. The highest BCUT2D eigenvalue weighted by molar-refractivity contribution is 7.92. The quantitative estimate of drug-likeness (QED) is 0.291. The number of rotatable bonds is 13. The first-order valence-corrected chi connectivity index (χ1v) is 16.1. The van der Waals surface area contributed by atoms with Crippen molar-refractivity contribution in [3.63, 3.8) is 0 Å². The predicted octanol–water partition coefficient (Wildman–Crippen LogP) is 5.07. The van der Waals surface area contributed by atoms with Gasteiger partial charge >= 0.3 is 0 Å². The standard InChI is InChI=1S/C33H41N3O6S/c1-5-29(33(38)34-26-15-11-12-16-26)35(22-25-14-10-9-13-24(25)2)32(37)23-36(43(39,40)28-17-7-6-8-18-28)30-21-27(41-3)19-20-31(30)42-4/h6-10,13-14,17-21,26,29H,5,11-12,15-16,22-23H2,1-4H3,(H,34,38). The maximum atomic E-state index is 14.4. The molecule has 1 saturated carbocycles. The number of hydrogen-bond acceptors (Lipinski definition) is 6. The summed E-state index contributed by atoms with van der Waals surface area (Å²) in [6, 6.07) is 19.7. The zero-order valence-corrected chi connectivity index (χ0v) is 26.1. The van der Waals surface area contributed by atoms with Crippen molar-refractivity contribution in [1.29, 1.82) is 0 Å². The molecule has 0 aliphatic heterocycles. The lowest BCUT2D eigenvalue weighted by molar-refractivity contribution is -0.140. The number of benzene rings is 3. The molecule has 3 aromatic carbocycles. The van der Waals surface area contributed by atoms with Crippen LogP contribution in [0.2, 0.25) is 0 Å². The summed E-state index contributed by atoms with van der Waals surface area (Å²) in [5.74, 6) is -0.0888. The fourth-order valence-electron chi connectivity index (χ4n) is 5.48. The Morgan fingerprint density at radius 3 is 2.26 bits per heavy atom. The summed E-state index contributed by atoms with van der Waals surface area (Å²) in [6.45, 7) is 3.40. The Balaban J connectivity index is 1.78. The summed E-state index contributed by atoms with van der Waals surface area (Å²) < 4.78 is 40.3. The summed E-state index contributed by atoms with van der Waals surface area (Å²) in [5, 5.41) is 3.14. The lowest BCUT2D eigenvalue weighted by atomic mass is 10.1. The highest BCUT2D eigenvalue weighted by atomic mass is 32.2. The molecule has 230 valence electrons. The summed E-state index contributed by atoms with van der Waals surface area (Å²) in [6.07, 6.45) is 4.30. The van der Waals surface area contributed by atoms with Crippen molar-refractivity contribution < 1.29 is 27.5 Å². The number of nitrogens with one attached hydrogen (secondary N) is 1. The minimum atomic E-state index is -4.24. The van der Waals surface area contributed by atoms with Gasteiger partial charge < -0.3 is 19.7 Å². The molecule has 10 heteroatoms. The third-order valence-corrected chi connectivity index (χ3v) is 9.73.